The van der Waals surface area contributed by atoms with Crippen LogP contribution in [0.1, 0.15) is 21.2 Å². The highest BCUT2D eigenvalue weighted by atomic mass is 32.2. The van der Waals surface area contributed by atoms with Crippen molar-refractivity contribution >= 4 is 63.5 Å². The Balaban J connectivity index is 1.37. The van der Waals surface area contributed by atoms with Crippen LogP contribution in [-0.2, 0) is 20.9 Å². The van der Waals surface area contributed by atoms with Crippen molar-refractivity contribution in [2.75, 3.05) is 17.3 Å². The molecule has 0 aliphatic carbocycles. The molecule has 1 saturated heterocycles. The third-order valence-electron chi connectivity index (χ3n) is 6.83. The van der Waals surface area contributed by atoms with Crippen LogP contribution in [-0.4, -0.2) is 34.6 Å². The van der Waals surface area contributed by atoms with Crippen LogP contribution in [0.4, 0.5) is 11.4 Å². The molecular formula is C28H23N3O5S3. The number of thiophene rings is 1. The van der Waals surface area contributed by atoms with Crippen LogP contribution in [0.25, 0.3) is 0 Å². The van der Waals surface area contributed by atoms with E-state index in [1.165, 1.54) is 32.6 Å². The van der Waals surface area contributed by atoms with Crippen LogP contribution in [0.15, 0.2) is 75.9 Å². The van der Waals surface area contributed by atoms with E-state index in [9.17, 15) is 19.2 Å². The van der Waals surface area contributed by atoms with Gasteiger partial charge in [0, 0.05) is 21.4 Å². The lowest BCUT2D eigenvalue weighted by Crippen LogP contribution is -2.32. The second-order valence-electron chi connectivity index (χ2n) is 9.31. The molecule has 2 aliphatic rings. The second-order valence-corrected chi connectivity index (χ2v) is 12.4. The fourth-order valence-corrected chi connectivity index (χ4v) is 8.80. The van der Waals surface area contributed by atoms with Crippen LogP contribution < -0.4 is 19.8 Å². The van der Waals surface area contributed by atoms with Gasteiger partial charge in [-0.2, -0.15) is 0 Å². The van der Waals surface area contributed by atoms with Crippen LogP contribution in [0.3, 0.4) is 0 Å². The number of thioether (sulfide) groups is 1. The topological polar surface area (TPSA) is 97.7 Å². The summed E-state index contributed by atoms with van der Waals surface area (Å²) in [5.74, 6) is -1.46. The number of methoxy groups -OCH3 is 1. The summed E-state index contributed by atoms with van der Waals surface area (Å²) < 4.78 is 6.65. The molecule has 2 aromatic carbocycles. The zero-order chi connectivity index (χ0) is 27.3. The number of carbonyl (C=O) groups is 3. The van der Waals surface area contributed by atoms with Crippen molar-refractivity contribution in [3.05, 3.63) is 91.0 Å². The maximum absolute atomic E-state index is 13.8. The number of amides is 3. The number of fused-ring (bicyclic) bond motifs is 2. The van der Waals surface area contributed by atoms with Gasteiger partial charge in [0.2, 0.25) is 17.7 Å². The first-order valence-corrected chi connectivity index (χ1v) is 14.7. The molecule has 0 unspecified atom stereocenters. The molecule has 39 heavy (non-hydrogen) atoms. The maximum Gasteiger partial charge on any atom is 0.308 e. The molecular weight excluding hydrogens is 555 g/mol. The number of nitrogens with zero attached hydrogens (tertiary/aromatic N) is 2. The maximum atomic E-state index is 13.8. The highest BCUT2D eigenvalue weighted by Crippen LogP contribution is 2.54. The third kappa shape index (κ3) is 4.50. The molecule has 6 rings (SSSR count). The Bertz CT molecular complexity index is 1640. The second kappa shape index (κ2) is 10.1. The van der Waals surface area contributed by atoms with Crippen molar-refractivity contribution in [2.24, 2.45) is 5.92 Å². The van der Waals surface area contributed by atoms with Gasteiger partial charge in [-0.15, -0.1) is 11.3 Å². The van der Waals surface area contributed by atoms with E-state index in [4.69, 9.17) is 4.74 Å². The summed E-state index contributed by atoms with van der Waals surface area (Å²) in [5.41, 5.74) is 2.13. The Kier molecular flexibility index (Phi) is 6.66. The molecule has 1 N–H and O–H groups in total. The van der Waals surface area contributed by atoms with Gasteiger partial charge in [-0.05, 0) is 60.3 Å². The van der Waals surface area contributed by atoms with Gasteiger partial charge < -0.3 is 10.1 Å². The van der Waals surface area contributed by atoms with Gasteiger partial charge in [-0.1, -0.05) is 41.3 Å². The molecule has 8 nitrogen and oxygen atoms in total. The quantitative estimate of drug-likeness (QED) is 0.333. The SMILES string of the molecule is COc1ccc(N2C(=O)[C@H]3[C@H](c4cccs4)c4sc(=O)n(CC(=O)Nc5cccc(C)c5)c4S[C@H]3C2=O)cc1. The molecule has 3 atom stereocenters. The number of anilines is 2. The fraction of sp³-hybridized carbons (Fsp3) is 0.214. The summed E-state index contributed by atoms with van der Waals surface area (Å²) in [7, 11) is 1.55. The lowest BCUT2D eigenvalue weighted by molar-refractivity contribution is -0.122. The largest absolute Gasteiger partial charge is 0.497 e. The van der Waals surface area contributed by atoms with Gasteiger partial charge in [0.05, 0.1) is 23.7 Å². The molecule has 0 spiro atoms. The lowest BCUT2D eigenvalue weighted by atomic mass is 9.87. The zero-order valence-electron chi connectivity index (χ0n) is 21.0. The molecule has 11 heteroatoms. The minimum absolute atomic E-state index is 0.190. The van der Waals surface area contributed by atoms with Crippen molar-refractivity contribution in [3.8, 4) is 5.75 Å². The molecule has 2 aliphatic heterocycles. The molecule has 1 fully saturated rings. The Morgan fingerprint density at radius 1 is 1.03 bits per heavy atom. The minimum atomic E-state index is -0.723. The summed E-state index contributed by atoms with van der Waals surface area (Å²) in [6.45, 7) is 1.74. The van der Waals surface area contributed by atoms with Crippen molar-refractivity contribution in [3.63, 3.8) is 0 Å². The van der Waals surface area contributed by atoms with E-state index >= 15 is 0 Å². The predicted molar refractivity (Wildman–Crippen MR) is 153 cm³/mol. The van der Waals surface area contributed by atoms with Gasteiger partial charge in [0.25, 0.3) is 0 Å². The van der Waals surface area contributed by atoms with E-state index in [0.29, 0.717) is 22.2 Å². The summed E-state index contributed by atoms with van der Waals surface area (Å²) >= 11 is 3.74. The lowest BCUT2D eigenvalue weighted by Gasteiger charge is -2.29. The van der Waals surface area contributed by atoms with E-state index in [-0.39, 0.29) is 29.1 Å². The summed E-state index contributed by atoms with van der Waals surface area (Å²) in [6.07, 6.45) is 0. The first kappa shape index (κ1) is 25.6. The number of hydrogen-bond donors (Lipinski definition) is 1. The first-order valence-electron chi connectivity index (χ1n) is 12.2. The normalized spacial score (nSPS) is 20.1. The van der Waals surface area contributed by atoms with Crippen molar-refractivity contribution in [1.29, 1.82) is 0 Å². The molecule has 4 aromatic rings. The zero-order valence-corrected chi connectivity index (χ0v) is 23.4. The van der Waals surface area contributed by atoms with E-state index < -0.39 is 17.1 Å². The van der Waals surface area contributed by atoms with Crippen LogP contribution in [0, 0.1) is 12.8 Å². The number of ether oxygens (including phenoxy) is 1. The highest BCUT2D eigenvalue weighted by molar-refractivity contribution is 8.00. The van der Waals surface area contributed by atoms with Crippen molar-refractivity contribution < 1.29 is 19.1 Å². The Hall–Kier alpha value is -3.67. The number of thiazole rings is 1. The predicted octanol–water partition coefficient (Wildman–Crippen LogP) is 4.72. The van der Waals surface area contributed by atoms with Crippen LogP contribution >= 0.6 is 34.4 Å². The van der Waals surface area contributed by atoms with Gasteiger partial charge in [-0.25, -0.2) is 4.90 Å². The number of carbonyl (C=O) groups excluding carboxylic acids is 3. The van der Waals surface area contributed by atoms with E-state index in [1.807, 2.05) is 42.6 Å². The molecule has 0 radical (unpaired) electrons. The van der Waals surface area contributed by atoms with E-state index in [2.05, 4.69) is 5.32 Å². The van der Waals surface area contributed by atoms with Crippen LogP contribution in [0.2, 0.25) is 0 Å². The molecule has 4 heterocycles. The summed E-state index contributed by atoms with van der Waals surface area (Å²) in [6, 6.07) is 18.1. The molecule has 0 saturated carbocycles. The number of rotatable bonds is 6. The van der Waals surface area contributed by atoms with Gasteiger partial charge in [-0.3, -0.25) is 23.7 Å². The molecule has 198 valence electrons. The number of nitrogens with one attached hydrogen (secondary N) is 1. The molecule has 0 bridgehead atoms. The number of aromatic nitrogens is 1. The number of imide groups is 1. The Morgan fingerprint density at radius 2 is 1.82 bits per heavy atom. The Labute approximate surface area is 236 Å². The number of aryl methyl sites for hydroxylation is 1. The van der Waals surface area contributed by atoms with Gasteiger partial charge in [0.15, 0.2) is 0 Å². The molecule has 3 amide bonds. The fourth-order valence-electron chi connectivity index (χ4n) is 5.08. The van der Waals surface area contributed by atoms with Gasteiger partial charge in [0.1, 0.15) is 17.5 Å². The van der Waals surface area contributed by atoms with Crippen molar-refractivity contribution in [1.82, 2.24) is 4.57 Å². The number of hydrogen-bond acceptors (Lipinski definition) is 8. The average Bonchev–Trinajstić information content (AvgIpc) is 3.62. The molecule has 2 aromatic heterocycles. The smallest absolute Gasteiger partial charge is 0.308 e. The summed E-state index contributed by atoms with van der Waals surface area (Å²) in [4.78, 5) is 56.3. The standard InChI is InChI=1S/C28H23N3O5S3/c1-15-5-3-6-16(13-15)29-20(32)14-30-27-24(39-28(30)35)21(19-7-4-12-37-19)22-23(38-27)26(34)31(25(22)33)17-8-10-18(36-2)11-9-17/h3-13,21-23H,14H2,1-2H3,(H,29,32)/t21-,22-,23+/m0/s1. The van der Waals surface area contributed by atoms with Gasteiger partial charge >= 0.3 is 4.87 Å². The monoisotopic (exact) mass is 577 g/mol. The van der Waals surface area contributed by atoms with Crippen LogP contribution in [0.5, 0.6) is 5.75 Å². The summed E-state index contributed by atoms with van der Waals surface area (Å²) in [5, 5.41) is 4.62. The Morgan fingerprint density at radius 3 is 2.51 bits per heavy atom. The van der Waals surface area contributed by atoms with E-state index in [0.717, 1.165) is 26.7 Å². The highest BCUT2D eigenvalue weighted by Gasteiger charge is 2.57. The third-order valence-corrected chi connectivity index (χ3v) is 10.4. The van der Waals surface area contributed by atoms with Crippen molar-refractivity contribution in [2.45, 2.75) is 29.7 Å². The van der Waals surface area contributed by atoms with E-state index in [1.54, 1.807) is 37.4 Å². The number of benzene rings is 2. The first-order chi connectivity index (χ1) is 18.9. The minimum Gasteiger partial charge on any atom is -0.497 e. The average molecular weight is 578 g/mol.